The molecule has 2 rings (SSSR count). The van der Waals surface area contributed by atoms with Crippen molar-refractivity contribution in [3.05, 3.63) is 23.5 Å². The normalized spacial score (nSPS) is 17.9. The van der Waals surface area contributed by atoms with Gasteiger partial charge in [0.15, 0.2) is 0 Å². The quantitative estimate of drug-likeness (QED) is 0.559. The number of aromatic nitrogens is 1. The van der Waals surface area contributed by atoms with E-state index >= 15 is 0 Å². The van der Waals surface area contributed by atoms with Gasteiger partial charge in [-0.05, 0) is 12.1 Å². The fourth-order valence-corrected chi connectivity index (χ4v) is 3.52. The van der Waals surface area contributed by atoms with Crippen molar-refractivity contribution in [2.45, 2.75) is 0 Å². The highest BCUT2D eigenvalue weighted by Crippen LogP contribution is 2.27. The highest BCUT2D eigenvalue weighted by molar-refractivity contribution is 8.76. The Labute approximate surface area is 96.8 Å². The highest BCUT2D eigenvalue weighted by atomic mass is 35.5. The van der Waals surface area contributed by atoms with E-state index < -0.39 is 0 Å². The van der Waals surface area contributed by atoms with Gasteiger partial charge in [0.05, 0.1) is 0 Å². The molecule has 2 heterocycles. The average molecular weight is 247 g/mol. The van der Waals surface area contributed by atoms with Crippen LogP contribution in [0.25, 0.3) is 0 Å². The van der Waals surface area contributed by atoms with E-state index in [1.807, 2.05) is 33.7 Å². The number of hydrogen-bond donors (Lipinski definition) is 0. The molecule has 1 aromatic rings. The Balaban J connectivity index is 2.12. The highest BCUT2D eigenvalue weighted by Gasteiger charge is 2.10. The minimum Gasteiger partial charge on any atom is -0.370 e. The lowest BCUT2D eigenvalue weighted by Gasteiger charge is -2.21. The van der Waals surface area contributed by atoms with E-state index in [-0.39, 0.29) is 0 Å². The van der Waals surface area contributed by atoms with E-state index in [0.717, 1.165) is 13.1 Å². The molecule has 0 radical (unpaired) electrons. The van der Waals surface area contributed by atoms with Crippen LogP contribution in [0.3, 0.4) is 0 Å². The first-order valence-electron chi connectivity index (χ1n) is 4.47. The minimum atomic E-state index is 0.576. The van der Waals surface area contributed by atoms with Crippen LogP contribution in [0.4, 0.5) is 5.69 Å². The SMILES string of the molecule is Clc1cc(N2CCSSCC2)ccn1. The Bertz CT molecular complexity index is 301. The van der Waals surface area contributed by atoms with Crippen LogP contribution >= 0.6 is 33.2 Å². The molecule has 0 atom stereocenters. The van der Waals surface area contributed by atoms with Crippen molar-refractivity contribution in [3.63, 3.8) is 0 Å². The van der Waals surface area contributed by atoms with Gasteiger partial charge < -0.3 is 4.90 Å². The molecule has 1 fully saturated rings. The van der Waals surface area contributed by atoms with E-state index in [9.17, 15) is 0 Å². The molecule has 1 aliphatic heterocycles. The summed E-state index contributed by atoms with van der Waals surface area (Å²) in [7, 11) is 3.89. The van der Waals surface area contributed by atoms with Crippen molar-refractivity contribution in [1.82, 2.24) is 4.98 Å². The summed E-state index contributed by atoms with van der Waals surface area (Å²) < 4.78 is 0. The maximum Gasteiger partial charge on any atom is 0.131 e. The summed E-state index contributed by atoms with van der Waals surface area (Å²) in [6.07, 6.45) is 1.77. The van der Waals surface area contributed by atoms with Gasteiger partial charge in [-0.1, -0.05) is 33.2 Å². The van der Waals surface area contributed by atoms with Crippen LogP contribution in [0, 0.1) is 0 Å². The third-order valence-corrected chi connectivity index (χ3v) is 4.62. The van der Waals surface area contributed by atoms with E-state index in [1.165, 1.54) is 17.2 Å². The van der Waals surface area contributed by atoms with Crippen molar-refractivity contribution in [2.24, 2.45) is 0 Å². The van der Waals surface area contributed by atoms with Crippen molar-refractivity contribution in [2.75, 3.05) is 29.5 Å². The van der Waals surface area contributed by atoms with Crippen LogP contribution in [0.5, 0.6) is 0 Å². The van der Waals surface area contributed by atoms with Crippen LogP contribution in [0.15, 0.2) is 18.3 Å². The van der Waals surface area contributed by atoms with Gasteiger partial charge in [-0.3, -0.25) is 0 Å². The molecule has 0 aromatic carbocycles. The van der Waals surface area contributed by atoms with Crippen molar-refractivity contribution in [3.8, 4) is 0 Å². The third kappa shape index (κ3) is 2.72. The molecule has 0 saturated carbocycles. The van der Waals surface area contributed by atoms with E-state index in [2.05, 4.69) is 9.88 Å². The summed E-state index contributed by atoms with van der Waals surface area (Å²) in [5, 5.41) is 0.576. The van der Waals surface area contributed by atoms with E-state index in [1.54, 1.807) is 6.20 Å². The van der Waals surface area contributed by atoms with Gasteiger partial charge in [0.2, 0.25) is 0 Å². The van der Waals surface area contributed by atoms with Crippen LogP contribution in [0.2, 0.25) is 5.15 Å². The lowest BCUT2D eigenvalue weighted by molar-refractivity contribution is 0.882. The molecule has 0 N–H and O–H groups in total. The second kappa shape index (κ2) is 5.14. The lowest BCUT2D eigenvalue weighted by Crippen LogP contribution is -2.26. The third-order valence-electron chi connectivity index (χ3n) is 2.05. The number of pyridine rings is 1. The van der Waals surface area contributed by atoms with Crippen molar-refractivity contribution < 1.29 is 0 Å². The first-order valence-corrected chi connectivity index (χ1v) is 7.34. The van der Waals surface area contributed by atoms with E-state index in [0.29, 0.717) is 5.15 Å². The number of hydrogen-bond acceptors (Lipinski definition) is 4. The summed E-state index contributed by atoms with van der Waals surface area (Å²) in [5.41, 5.74) is 1.19. The van der Waals surface area contributed by atoms with Gasteiger partial charge in [-0.15, -0.1) is 0 Å². The monoisotopic (exact) mass is 246 g/mol. The van der Waals surface area contributed by atoms with Crippen LogP contribution in [0.1, 0.15) is 0 Å². The number of nitrogens with zero attached hydrogens (tertiary/aromatic N) is 2. The zero-order chi connectivity index (χ0) is 9.80. The van der Waals surface area contributed by atoms with Gasteiger partial charge in [-0.25, -0.2) is 4.98 Å². The van der Waals surface area contributed by atoms with Gasteiger partial charge >= 0.3 is 0 Å². The van der Waals surface area contributed by atoms with Gasteiger partial charge in [0.25, 0.3) is 0 Å². The Kier molecular flexibility index (Phi) is 3.84. The second-order valence-electron chi connectivity index (χ2n) is 2.97. The molecule has 0 amide bonds. The molecule has 76 valence electrons. The van der Waals surface area contributed by atoms with Crippen molar-refractivity contribution >= 4 is 38.9 Å². The lowest BCUT2D eigenvalue weighted by atomic mass is 10.3. The Hall–Kier alpha value is -0.0600. The maximum absolute atomic E-state index is 5.86. The Morgan fingerprint density at radius 2 is 2.00 bits per heavy atom. The van der Waals surface area contributed by atoms with Gasteiger partial charge in [0.1, 0.15) is 5.15 Å². The number of anilines is 1. The Morgan fingerprint density at radius 1 is 1.29 bits per heavy atom. The molecular formula is C9H11ClN2S2. The molecule has 1 aliphatic rings. The summed E-state index contributed by atoms with van der Waals surface area (Å²) in [5.74, 6) is 2.34. The molecule has 0 spiro atoms. The number of rotatable bonds is 1. The predicted octanol–water partition coefficient (Wildman–Crippen LogP) is 2.94. The fourth-order valence-electron chi connectivity index (χ4n) is 1.37. The predicted molar refractivity (Wildman–Crippen MR) is 66.4 cm³/mol. The molecule has 1 aromatic heterocycles. The molecule has 2 nitrogen and oxygen atoms in total. The van der Waals surface area contributed by atoms with Crippen LogP contribution in [-0.4, -0.2) is 29.6 Å². The topological polar surface area (TPSA) is 16.1 Å². The van der Waals surface area contributed by atoms with Gasteiger partial charge in [-0.2, -0.15) is 0 Å². The smallest absolute Gasteiger partial charge is 0.131 e. The molecule has 0 unspecified atom stereocenters. The zero-order valence-electron chi connectivity index (χ0n) is 7.65. The fraction of sp³-hybridized carbons (Fsp3) is 0.444. The zero-order valence-corrected chi connectivity index (χ0v) is 10.0. The van der Waals surface area contributed by atoms with Crippen molar-refractivity contribution in [1.29, 1.82) is 0 Å². The number of halogens is 1. The first-order chi connectivity index (χ1) is 6.86. The minimum absolute atomic E-state index is 0.576. The summed E-state index contributed by atoms with van der Waals surface area (Å²) in [6, 6.07) is 3.95. The Morgan fingerprint density at radius 3 is 2.64 bits per heavy atom. The molecule has 14 heavy (non-hydrogen) atoms. The first kappa shape index (κ1) is 10.5. The molecule has 5 heteroatoms. The molecular weight excluding hydrogens is 236 g/mol. The maximum atomic E-state index is 5.86. The molecule has 0 bridgehead atoms. The average Bonchev–Trinajstić information content (AvgIpc) is 2.45. The summed E-state index contributed by atoms with van der Waals surface area (Å²) >= 11 is 5.86. The largest absolute Gasteiger partial charge is 0.370 e. The summed E-state index contributed by atoms with van der Waals surface area (Å²) in [6.45, 7) is 2.19. The second-order valence-corrected chi connectivity index (χ2v) is 6.06. The van der Waals surface area contributed by atoms with Gasteiger partial charge in [0, 0.05) is 36.5 Å². The molecule has 0 aliphatic carbocycles. The van der Waals surface area contributed by atoms with E-state index in [4.69, 9.17) is 11.6 Å². The van der Waals surface area contributed by atoms with Crippen LogP contribution < -0.4 is 4.90 Å². The summed E-state index contributed by atoms with van der Waals surface area (Å²) in [4.78, 5) is 6.35. The standard InChI is InChI=1S/C9H11ClN2S2/c10-9-7-8(1-2-11-9)12-3-5-13-14-6-4-12/h1-2,7H,3-6H2. The molecule has 1 saturated heterocycles. The van der Waals surface area contributed by atoms with Crippen LogP contribution in [-0.2, 0) is 0 Å².